The van der Waals surface area contributed by atoms with Crippen LogP contribution in [0.4, 0.5) is 0 Å². The Labute approximate surface area is 262 Å². The van der Waals surface area contributed by atoms with Crippen LogP contribution in [0, 0.1) is 0 Å². The molecule has 0 spiro atoms. The van der Waals surface area contributed by atoms with Crippen LogP contribution >= 0.6 is 0 Å². The van der Waals surface area contributed by atoms with Crippen LogP contribution in [-0.4, -0.2) is 33.7 Å². The minimum Gasteiger partial charge on any atom is -0.873 e. The molecule has 2 aromatic carbocycles. The third kappa shape index (κ3) is 16.9. The van der Waals surface area contributed by atoms with E-state index in [0.717, 1.165) is 0 Å². The molecule has 0 radical (unpaired) electrons. The fraction of sp³-hybridized carbons (Fsp3) is 0.167. The second-order valence-electron chi connectivity index (χ2n) is 5.33. The van der Waals surface area contributed by atoms with Crippen molar-refractivity contribution in [3.05, 3.63) is 48.5 Å². The number of carboxylic acid groups (broad SMARTS) is 3. The van der Waals surface area contributed by atoms with E-state index < -0.39 is 59.3 Å². The summed E-state index contributed by atoms with van der Waals surface area (Å²) in [5.74, 6) is -7.40. The van der Waals surface area contributed by atoms with Crippen molar-refractivity contribution in [2.75, 3.05) is 0 Å². The molecule has 158 valence electrons. The molecular weight excluding hydrogens is 502 g/mol. The van der Waals surface area contributed by atoms with E-state index in [1.165, 1.54) is 24.3 Å². The van der Waals surface area contributed by atoms with Crippen LogP contribution in [0.15, 0.2) is 48.5 Å². The van der Waals surface area contributed by atoms with Gasteiger partial charge in [-0.15, -0.1) is 23.0 Å². The molecular formula is C18H14KNaO11Ti. The quantitative estimate of drug-likeness (QED) is 0.354. The minimum absolute atomic E-state index is 0. The van der Waals surface area contributed by atoms with Crippen LogP contribution < -0.4 is 112 Å². The van der Waals surface area contributed by atoms with E-state index in [4.69, 9.17) is 10.2 Å². The molecule has 0 aromatic heterocycles. The van der Waals surface area contributed by atoms with Gasteiger partial charge < -0.3 is 50.4 Å². The molecule has 2 aromatic rings. The number of benzene rings is 2. The van der Waals surface area contributed by atoms with Gasteiger partial charge in [0.25, 0.3) is 0 Å². The average Bonchev–Trinajstić information content (AvgIpc) is 2.60. The maximum atomic E-state index is 10.3. The van der Waals surface area contributed by atoms with Gasteiger partial charge in [0.1, 0.15) is 0 Å². The second kappa shape index (κ2) is 19.8. The molecule has 0 saturated heterocycles. The molecule has 0 amide bonds. The Morgan fingerprint density at radius 1 is 0.719 bits per heavy atom. The van der Waals surface area contributed by atoms with Gasteiger partial charge in [0.15, 0.2) is 5.60 Å². The number of hydrogen-bond acceptors (Lipinski definition) is 10. The summed E-state index contributed by atoms with van der Waals surface area (Å²) in [5, 5.41) is 78.4. The van der Waals surface area contributed by atoms with Crippen molar-refractivity contribution in [2.24, 2.45) is 0 Å². The Kier molecular flexibility index (Phi) is 23.9. The molecule has 0 heterocycles. The Hall–Kier alpha value is -0.639. The number of aliphatic carboxylic acids is 3. The van der Waals surface area contributed by atoms with E-state index in [1.807, 2.05) is 0 Å². The fourth-order valence-corrected chi connectivity index (χ4v) is 1.59. The number of rotatable bonds is 5. The number of hydrogen-bond donors (Lipinski definition) is 2. The molecule has 2 rings (SSSR count). The molecule has 0 unspecified atom stereocenters. The van der Waals surface area contributed by atoms with E-state index in [2.05, 4.69) is 0 Å². The molecule has 32 heavy (non-hydrogen) atoms. The van der Waals surface area contributed by atoms with Gasteiger partial charge >= 0.3 is 109 Å². The number of para-hydroxylation sites is 4. The summed E-state index contributed by atoms with van der Waals surface area (Å²) < 4.78 is 0. The summed E-state index contributed by atoms with van der Waals surface area (Å²) in [7, 11) is 0. The molecule has 2 N–H and O–H groups in total. The maximum Gasteiger partial charge on any atom is 4.00 e. The van der Waals surface area contributed by atoms with Gasteiger partial charge in [-0.25, -0.2) is 4.79 Å². The first-order valence-electron chi connectivity index (χ1n) is 7.60. The van der Waals surface area contributed by atoms with Crippen LogP contribution in [-0.2, 0) is 36.1 Å². The van der Waals surface area contributed by atoms with Crippen molar-refractivity contribution in [1.82, 2.24) is 0 Å². The van der Waals surface area contributed by atoms with Gasteiger partial charge in [0.05, 0.1) is 0 Å². The summed E-state index contributed by atoms with van der Waals surface area (Å²) >= 11 is 0. The van der Waals surface area contributed by atoms with Gasteiger partial charge in [-0.3, -0.25) is 0 Å². The third-order valence-corrected chi connectivity index (χ3v) is 2.97. The van der Waals surface area contributed by atoms with Gasteiger partial charge in [-0.05, 0) is 0 Å². The Morgan fingerprint density at radius 3 is 1.06 bits per heavy atom. The van der Waals surface area contributed by atoms with E-state index in [-0.39, 0.29) is 103 Å². The standard InChI is InChI=1S/C6H8O7.2C6H6O2.K.Na.Ti/c7-3(8)1-6(13,5(11)12)2-4(9)10;2*7-5-3-1-2-4-6(5)8;;;/h13H,1-2H2,(H,7,8)(H,9,10)(H,11,12);2*1-4,7-8H;;;/q;;;2*+1;+4/p-6. The SMILES string of the molecule is O=C([O-])CC(O)(CC(=O)[O-])C(=O)O.[K+].[Na+].[O-]c1ccccc1[O-].[O-]c1ccccc1[O-].[Ti+4]. The van der Waals surface area contributed by atoms with Crippen molar-refractivity contribution in [3.63, 3.8) is 0 Å². The number of carboxylic acids is 3. The van der Waals surface area contributed by atoms with E-state index in [0.29, 0.717) is 0 Å². The molecule has 0 aliphatic rings. The third-order valence-electron chi connectivity index (χ3n) is 2.97. The molecule has 14 heteroatoms. The van der Waals surface area contributed by atoms with Gasteiger partial charge in [-0.2, -0.15) is 0 Å². The van der Waals surface area contributed by atoms with Gasteiger partial charge in [0, 0.05) is 24.8 Å². The molecule has 0 saturated carbocycles. The first kappa shape index (κ1) is 38.6. The molecule has 11 nitrogen and oxygen atoms in total. The summed E-state index contributed by atoms with van der Waals surface area (Å²) in [6, 6.07) is 11.2. The Bertz CT molecular complexity index is 750. The first-order valence-corrected chi connectivity index (χ1v) is 7.60. The Balaban J connectivity index is -0.000000182. The van der Waals surface area contributed by atoms with Gasteiger partial charge in [-0.1, -0.05) is 48.5 Å². The van der Waals surface area contributed by atoms with Crippen molar-refractivity contribution in [1.29, 1.82) is 0 Å². The van der Waals surface area contributed by atoms with Crippen molar-refractivity contribution in [2.45, 2.75) is 18.4 Å². The zero-order valence-corrected chi connectivity index (χ0v) is 23.8. The van der Waals surface area contributed by atoms with Crippen molar-refractivity contribution in [3.8, 4) is 23.0 Å². The van der Waals surface area contributed by atoms with E-state index >= 15 is 0 Å². The predicted octanol–water partition coefficient (Wildman–Crippen LogP) is -10.2. The zero-order chi connectivity index (χ0) is 22.6. The van der Waals surface area contributed by atoms with Crippen LogP contribution in [0.2, 0.25) is 0 Å². The normalized spacial score (nSPS) is 8.91. The summed E-state index contributed by atoms with van der Waals surface area (Å²) in [5.41, 5.74) is -2.86. The van der Waals surface area contributed by atoms with Crippen molar-refractivity contribution >= 4 is 17.9 Å². The summed E-state index contributed by atoms with van der Waals surface area (Å²) in [4.78, 5) is 30.2. The predicted molar refractivity (Wildman–Crippen MR) is 82.5 cm³/mol. The summed E-state index contributed by atoms with van der Waals surface area (Å²) in [6.07, 6.45) is -2.59. The monoisotopic (exact) mass is 516 g/mol. The van der Waals surface area contributed by atoms with Crippen LogP contribution in [0.3, 0.4) is 0 Å². The minimum atomic E-state index is -2.86. The van der Waals surface area contributed by atoms with E-state index in [1.54, 1.807) is 24.3 Å². The van der Waals surface area contributed by atoms with Crippen LogP contribution in [0.5, 0.6) is 23.0 Å². The summed E-state index contributed by atoms with van der Waals surface area (Å²) in [6.45, 7) is 0. The molecule has 0 fully saturated rings. The Morgan fingerprint density at radius 2 is 0.938 bits per heavy atom. The largest absolute Gasteiger partial charge is 4.00 e. The molecule has 0 bridgehead atoms. The first-order chi connectivity index (χ1) is 13.4. The molecule has 0 aliphatic heterocycles. The smallest absolute Gasteiger partial charge is 0.873 e. The number of carbonyl (C=O) groups is 3. The fourth-order valence-electron chi connectivity index (χ4n) is 1.59. The maximum absolute atomic E-state index is 10.3. The van der Waals surface area contributed by atoms with Crippen LogP contribution in [0.25, 0.3) is 0 Å². The van der Waals surface area contributed by atoms with Crippen molar-refractivity contribution < 1.29 is 158 Å². The molecule has 0 aliphatic carbocycles. The number of aliphatic hydroxyl groups is 1. The molecule has 0 atom stereocenters. The van der Waals surface area contributed by atoms with Crippen LogP contribution in [0.1, 0.15) is 12.8 Å². The van der Waals surface area contributed by atoms with E-state index in [9.17, 15) is 45.0 Å². The second-order valence-corrected chi connectivity index (χ2v) is 5.33. The number of carbonyl (C=O) groups excluding carboxylic acids is 2. The van der Waals surface area contributed by atoms with Gasteiger partial charge in [0.2, 0.25) is 0 Å². The zero-order valence-electron chi connectivity index (χ0n) is 17.1. The topological polar surface area (TPSA) is 230 Å². The average molecular weight is 516 g/mol.